The molecule has 0 aliphatic heterocycles. The van der Waals surface area contributed by atoms with Gasteiger partial charge in [-0.05, 0) is 49.4 Å². The molecule has 100 valence electrons. The molecule has 2 aliphatic carbocycles. The van der Waals surface area contributed by atoms with Gasteiger partial charge in [-0.3, -0.25) is 0 Å². The Labute approximate surface area is 108 Å². The minimum absolute atomic E-state index is 0.644. The Kier molecular flexibility index (Phi) is 4.52. The molecular formula is C16H31N. The molecule has 0 heterocycles. The lowest BCUT2D eigenvalue weighted by molar-refractivity contribution is 0.139. The van der Waals surface area contributed by atoms with Crippen LogP contribution >= 0.6 is 0 Å². The van der Waals surface area contributed by atoms with E-state index in [-0.39, 0.29) is 0 Å². The Morgan fingerprint density at radius 1 is 1.18 bits per heavy atom. The van der Waals surface area contributed by atoms with Gasteiger partial charge >= 0.3 is 0 Å². The predicted molar refractivity (Wildman–Crippen MR) is 75.2 cm³/mol. The molecule has 2 rings (SSSR count). The molecule has 1 nitrogen and oxygen atoms in total. The van der Waals surface area contributed by atoms with Crippen LogP contribution in [0.3, 0.4) is 0 Å². The molecule has 0 bridgehead atoms. The van der Waals surface area contributed by atoms with Crippen molar-refractivity contribution in [2.75, 3.05) is 6.54 Å². The van der Waals surface area contributed by atoms with Crippen LogP contribution in [0, 0.1) is 17.3 Å². The van der Waals surface area contributed by atoms with Crippen molar-refractivity contribution >= 4 is 0 Å². The molecular weight excluding hydrogens is 206 g/mol. The average Bonchev–Trinajstić information content (AvgIpc) is 2.23. The lowest BCUT2D eigenvalue weighted by Gasteiger charge is -2.41. The van der Waals surface area contributed by atoms with Crippen LogP contribution in [-0.2, 0) is 0 Å². The van der Waals surface area contributed by atoms with Gasteiger partial charge < -0.3 is 5.32 Å². The van der Waals surface area contributed by atoms with Gasteiger partial charge in [-0.2, -0.15) is 0 Å². The summed E-state index contributed by atoms with van der Waals surface area (Å²) in [6.07, 6.45) is 11.6. The molecule has 2 aliphatic rings. The fourth-order valence-electron chi connectivity index (χ4n) is 3.70. The molecule has 0 aromatic carbocycles. The standard InChI is InChI=1S/C16H31N/c1-13(2)10-14-6-4-7-15(11-14)17-12-16(3)8-5-9-16/h13-15,17H,4-12H2,1-3H3. The Balaban J connectivity index is 1.69. The maximum Gasteiger partial charge on any atom is 0.00699 e. The molecule has 2 fully saturated rings. The predicted octanol–water partition coefficient (Wildman–Crippen LogP) is 4.37. The second-order valence-electron chi connectivity index (χ2n) is 7.40. The molecule has 2 unspecified atom stereocenters. The van der Waals surface area contributed by atoms with E-state index in [1.54, 1.807) is 0 Å². The largest absolute Gasteiger partial charge is 0.313 e. The van der Waals surface area contributed by atoms with Gasteiger partial charge in [0, 0.05) is 12.6 Å². The zero-order valence-corrected chi connectivity index (χ0v) is 12.1. The van der Waals surface area contributed by atoms with Crippen molar-refractivity contribution in [1.82, 2.24) is 5.32 Å². The van der Waals surface area contributed by atoms with Crippen molar-refractivity contribution < 1.29 is 0 Å². The number of hydrogen-bond acceptors (Lipinski definition) is 1. The Morgan fingerprint density at radius 3 is 2.53 bits per heavy atom. The minimum Gasteiger partial charge on any atom is -0.313 e. The van der Waals surface area contributed by atoms with Crippen LogP contribution in [0.2, 0.25) is 0 Å². The molecule has 17 heavy (non-hydrogen) atoms. The van der Waals surface area contributed by atoms with Crippen molar-refractivity contribution in [1.29, 1.82) is 0 Å². The molecule has 2 atom stereocenters. The molecule has 0 amide bonds. The Morgan fingerprint density at radius 2 is 1.94 bits per heavy atom. The fourth-order valence-corrected chi connectivity index (χ4v) is 3.70. The van der Waals surface area contributed by atoms with Crippen molar-refractivity contribution in [3.63, 3.8) is 0 Å². The first-order chi connectivity index (χ1) is 8.07. The van der Waals surface area contributed by atoms with Crippen molar-refractivity contribution in [3.05, 3.63) is 0 Å². The summed E-state index contributed by atoms with van der Waals surface area (Å²) >= 11 is 0. The zero-order chi connectivity index (χ0) is 12.3. The quantitative estimate of drug-likeness (QED) is 0.748. The topological polar surface area (TPSA) is 12.0 Å². The van der Waals surface area contributed by atoms with E-state index < -0.39 is 0 Å². The number of rotatable bonds is 5. The van der Waals surface area contributed by atoms with E-state index in [4.69, 9.17) is 0 Å². The van der Waals surface area contributed by atoms with Crippen LogP contribution in [-0.4, -0.2) is 12.6 Å². The van der Waals surface area contributed by atoms with Crippen LogP contribution in [0.4, 0.5) is 0 Å². The number of nitrogens with one attached hydrogen (secondary N) is 1. The summed E-state index contributed by atoms with van der Waals surface area (Å²) in [7, 11) is 0. The fraction of sp³-hybridized carbons (Fsp3) is 1.00. The third-order valence-electron chi connectivity index (χ3n) is 4.97. The summed E-state index contributed by atoms with van der Waals surface area (Å²) in [5.74, 6) is 1.87. The lowest BCUT2D eigenvalue weighted by Crippen LogP contribution is -2.43. The van der Waals surface area contributed by atoms with Gasteiger partial charge in [0.2, 0.25) is 0 Å². The van der Waals surface area contributed by atoms with Gasteiger partial charge in [0.25, 0.3) is 0 Å². The summed E-state index contributed by atoms with van der Waals surface area (Å²) in [6, 6.07) is 0.824. The van der Waals surface area contributed by atoms with Crippen LogP contribution < -0.4 is 5.32 Å². The third kappa shape index (κ3) is 3.98. The smallest absolute Gasteiger partial charge is 0.00699 e. The van der Waals surface area contributed by atoms with E-state index in [9.17, 15) is 0 Å². The molecule has 0 radical (unpaired) electrons. The van der Waals surface area contributed by atoms with E-state index in [0.29, 0.717) is 5.41 Å². The van der Waals surface area contributed by atoms with Crippen molar-refractivity contribution in [3.8, 4) is 0 Å². The SMILES string of the molecule is CC(C)CC1CCCC(NCC2(C)CCC2)C1. The first kappa shape index (κ1) is 13.4. The first-order valence-electron chi connectivity index (χ1n) is 7.81. The zero-order valence-electron chi connectivity index (χ0n) is 12.1. The van der Waals surface area contributed by atoms with Gasteiger partial charge in [0.05, 0.1) is 0 Å². The average molecular weight is 237 g/mol. The third-order valence-corrected chi connectivity index (χ3v) is 4.97. The monoisotopic (exact) mass is 237 g/mol. The lowest BCUT2D eigenvalue weighted by atomic mass is 9.70. The minimum atomic E-state index is 0.644. The van der Waals surface area contributed by atoms with E-state index in [1.165, 1.54) is 57.9 Å². The van der Waals surface area contributed by atoms with Gasteiger partial charge in [-0.1, -0.05) is 40.0 Å². The molecule has 1 N–H and O–H groups in total. The van der Waals surface area contributed by atoms with E-state index in [1.807, 2.05) is 0 Å². The number of hydrogen-bond donors (Lipinski definition) is 1. The second kappa shape index (κ2) is 5.73. The summed E-state index contributed by atoms with van der Waals surface area (Å²) in [5, 5.41) is 3.87. The first-order valence-corrected chi connectivity index (χ1v) is 7.81. The van der Waals surface area contributed by atoms with Gasteiger partial charge in [0.1, 0.15) is 0 Å². The second-order valence-corrected chi connectivity index (χ2v) is 7.40. The highest BCUT2D eigenvalue weighted by Gasteiger charge is 2.32. The summed E-state index contributed by atoms with van der Waals surface area (Å²) in [6.45, 7) is 8.46. The molecule has 2 saturated carbocycles. The summed E-state index contributed by atoms with van der Waals surface area (Å²) in [4.78, 5) is 0. The van der Waals surface area contributed by atoms with Gasteiger partial charge in [-0.25, -0.2) is 0 Å². The van der Waals surface area contributed by atoms with E-state index >= 15 is 0 Å². The molecule has 0 spiro atoms. The van der Waals surface area contributed by atoms with Crippen LogP contribution in [0.25, 0.3) is 0 Å². The maximum atomic E-state index is 3.87. The molecule has 0 aromatic heterocycles. The van der Waals surface area contributed by atoms with E-state index in [0.717, 1.165) is 17.9 Å². The maximum absolute atomic E-state index is 3.87. The normalized spacial score (nSPS) is 32.5. The van der Waals surface area contributed by atoms with Gasteiger partial charge in [-0.15, -0.1) is 0 Å². The van der Waals surface area contributed by atoms with Crippen LogP contribution in [0.5, 0.6) is 0 Å². The molecule has 0 saturated heterocycles. The molecule has 1 heteroatoms. The van der Waals surface area contributed by atoms with Crippen molar-refractivity contribution in [2.24, 2.45) is 17.3 Å². The Bertz CT molecular complexity index is 230. The van der Waals surface area contributed by atoms with Crippen LogP contribution in [0.1, 0.15) is 72.1 Å². The highest BCUT2D eigenvalue weighted by Crippen LogP contribution is 2.40. The van der Waals surface area contributed by atoms with Crippen LogP contribution in [0.15, 0.2) is 0 Å². The van der Waals surface area contributed by atoms with Gasteiger partial charge in [0.15, 0.2) is 0 Å². The van der Waals surface area contributed by atoms with E-state index in [2.05, 4.69) is 26.1 Å². The molecule has 0 aromatic rings. The van der Waals surface area contributed by atoms with Crippen molar-refractivity contribution in [2.45, 2.75) is 78.2 Å². The highest BCUT2D eigenvalue weighted by molar-refractivity contribution is 4.88. The Hall–Kier alpha value is -0.0400. The summed E-state index contributed by atoms with van der Waals surface area (Å²) < 4.78 is 0. The summed E-state index contributed by atoms with van der Waals surface area (Å²) in [5.41, 5.74) is 0.644. The highest BCUT2D eigenvalue weighted by atomic mass is 14.9.